The van der Waals surface area contributed by atoms with E-state index in [-0.39, 0.29) is 17.1 Å². The number of hydrogen-bond acceptors (Lipinski definition) is 3. The Balaban J connectivity index is 3.25. The van der Waals surface area contributed by atoms with Crippen LogP contribution >= 0.6 is 0 Å². The van der Waals surface area contributed by atoms with Gasteiger partial charge < -0.3 is 10.2 Å². The lowest BCUT2D eigenvalue weighted by molar-refractivity contribution is 0.145. The molecule has 0 aliphatic carbocycles. The highest BCUT2D eigenvalue weighted by Gasteiger charge is 2.15. The van der Waals surface area contributed by atoms with Gasteiger partial charge in [0.1, 0.15) is 5.75 Å². The average molecular weight is 189 g/mol. The third-order valence-electron chi connectivity index (χ3n) is 1.68. The SMILES string of the molecule is Cc1nc(CO)c(C(F)F)cc1O. The predicted molar refractivity (Wildman–Crippen MR) is 41.5 cm³/mol. The number of nitrogens with zero attached hydrogens (tertiary/aromatic N) is 1. The van der Waals surface area contributed by atoms with Crippen LogP contribution in [0.4, 0.5) is 8.78 Å². The van der Waals surface area contributed by atoms with Crippen LogP contribution in [0.1, 0.15) is 23.4 Å². The lowest BCUT2D eigenvalue weighted by Crippen LogP contribution is -2.00. The second-order valence-electron chi connectivity index (χ2n) is 2.59. The number of halogens is 2. The molecule has 0 fully saturated rings. The zero-order chi connectivity index (χ0) is 10.0. The quantitative estimate of drug-likeness (QED) is 0.741. The third-order valence-corrected chi connectivity index (χ3v) is 1.68. The highest BCUT2D eigenvalue weighted by atomic mass is 19.3. The molecule has 0 atom stereocenters. The first kappa shape index (κ1) is 9.85. The molecule has 0 unspecified atom stereocenters. The summed E-state index contributed by atoms with van der Waals surface area (Å²) in [4.78, 5) is 3.63. The van der Waals surface area contributed by atoms with Crippen LogP contribution < -0.4 is 0 Å². The third kappa shape index (κ3) is 1.92. The van der Waals surface area contributed by atoms with Gasteiger partial charge in [0.25, 0.3) is 6.43 Å². The van der Waals surface area contributed by atoms with Gasteiger partial charge in [0.2, 0.25) is 0 Å². The minimum atomic E-state index is -2.74. The van der Waals surface area contributed by atoms with E-state index in [1.165, 1.54) is 6.92 Å². The normalized spacial score (nSPS) is 10.8. The van der Waals surface area contributed by atoms with E-state index in [0.717, 1.165) is 6.07 Å². The Morgan fingerprint density at radius 3 is 2.62 bits per heavy atom. The molecule has 1 heterocycles. The van der Waals surface area contributed by atoms with E-state index in [2.05, 4.69) is 4.98 Å². The molecule has 0 spiro atoms. The first-order chi connectivity index (χ1) is 6.06. The number of hydrogen-bond donors (Lipinski definition) is 2. The second kappa shape index (κ2) is 3.66. The Morgan fingerprint density at radius 2 is 2.15 bits per heavy atom. The topological polar surface area (TPSA) is 53.4 Å². The summed E-state index contributed by atoms with van der Waals surface area (Å²) in [6.07, 6.45) is -2.74. The van der Waals surface area contributed by atoms with E-state index in [4.69, 9.17) is 10.2 Å². The van der Waals surface area contributed by atoms with Gasteiger partial charge in [-0.05, 0) is 13.0 Å². The van der Waals surface area contributed by atoms with Crippen molar-refractivity contribution >= 4 is 0 Å². The fraction of sp³-hybridized carbons (Fsp3) is 0.375. The van der Waals surface area contributed by atoms with Crippen molar-refractivity contribution in [3.63, 3.8) is 0 Å². The van der Waals surface area contributed by atoms with Crippen LogP contribution in [0, 0.1) is 6.92 Å². The highest BCUT2D eigenvalue weighted by molar-refractivity contribution is 5.34. The number of aryl methyl sites for hydroxylation is 1. The Hall–Kier alpha value is -1.23. The van der Waals surface area contributed by atoms with Gasteiger partial charge in [-0.3, -0.25) is 4.98 Å². The van der Waals surface area contributed by atoms with Gasteiger partial charge in [-0.15, -0.1) is 0 Å². The first-order valence-electron chi connectivity index (χ1n) is 3.64. The molecule has 1 aromatic rings. The maximum Gasteiger partial charge on any atom is 0.265 e. The van der Waals surface area contributed by atoms with E-state index in [1.54, 1.807) is 0 Å². The molecule has 0 saturated heterocycles. The minimum absolute atomic E-state index is 0.0923. The zero-order valence-electron chi connectivity index (χ0n) is 6.96. The van der Waals surface area contributed by atoms with E-state index in [1.807, 2.05) is 0 Å². The number of aliphatic hydroxyl groups excluding tert-OH is 1. The van der Waals surface area contributed by atoms with Crippen molar-refractivity contribution in [3.8, 4) is 5.75 Å². The van der Waals surface area contributed by atoms with Crippen molar-refractivity contribution in [3.05, 3.63) is 23.0 Å². The predicted octanol–water partition coefficient (Wildman–Crippen LogP) is 1.53. The van der Waals surface area contributed by atoms with Crippen molar-refractivity contribution in [1.82, 2.24) is 4.98 Å². The van der Waals surface area contributed by atoms with Crippen LogP contribution in [0.25, 0.3) is 0 Å². The van der Waals surface area contributed by atoms with Crippen LogP contribution in [0.15, 0.2) is 6.07 Å². The summed E-state index contributed by atoms with van der Waals surface area (Å²) in [6.45, 7) is 0.921. The van der Waals surface area contributed by atoms with Crippen LogP contribution in [-0.2, 0) is 6.61 Å². The standard InChI is InChI=1S/C8H9F2NO2/c1-4-7(13)2-5(8(9)10)6(3-12)11-4/h2,8,12-13H,3H2,1H3. The number of aromatic nitrogens is 1. The van der Waals surface area contributed by atoms with Gasteiger partial charge in [0.05, 0.1) is 18.0 Å². The summed E-state index contributed by atoms with van der Waals surface area (Å²) in [5.41, 5.74) is -0.288. The largest absolute Gasteiger partial charge is 0.506 e. The Morgan fingerprint density at radius 1 is 1.54 bits per heavy atom. The molecule has 0 aromatic carbocycles. The Labute approximate surface area is 73.7 Å². The van der Waals surface area contributed by atoms with Crippen molar-refractivity contribution < 1.29 is 19.0 Å². The molecule has 0 amide bonds. The van der Waals surface area contributed by atoms with E-state index >= 15 is 0 Å². The highest BCUT2D eigenvalue weighted by Crippen LogP contribution is 2.26. The fourth-order valence-electron chi connectivity index (χ4n) is 0.975. The molecule has 1 aromatic heterocycles. The first-order valence-corrected chi connectivity index (χ1v) is 3.64. The number of aromatic hydroxyl groups is 1. The van der Waals surface area contributed by atoms with Crippen molar-refractivity contribution in [1.29, 1.82) is 0 Å². The summed E-state index contributed by atoms with van der Waals surface area (Å²) >= 11 is 0. The fourth-order valence-corrected chi connectivity index (χ4v) is 0.975. The van der Waals surface area contributed by atoms with E-state index in [9.17, 15) is 8.78 Å². The van der Waals surface area contributed by atoms with E-state index < -0.39 is 18.6 Å². The molecule has 0 aliphatic heterocycles. The smallest absolute Gasteiger partial charge is 0.265 e. The van der Waals surface area contributed by atoms with Gasteiger partial charge in [-0.2, -0.15) is 0 Å². The maximum atomic E-state index is 12.3. The molecule has 0 bridgehead atoms. The van der Waals surface area contributed by atoms with E-state index in [0.29, 0.717) is 0 Å². The van der Waals surface area contributed by atoms with Gasteiger partial charge >= 0.3 is 0 Å². The molecular weight excluding hydrogens is 180 g/mol. The molecule has 0 aliphatic rings. The van der Waals surface area contributed by atoms with Gasteiger partial charge in [-0.25, -0.2) is 8.78 Å². The van der Waals surface area contributed by atoms with Gasteiger partial charge in [0, 0.05) is 5.56 Å². The molecule has 3 nitrogen and oxygen atoms in total. The molecule has 5 heteroatoms. The molecular formula is C8H9F2NO2. The second-order valence-corrected chi connectivity index (χ2v) is 2.59. The maximum absolute atomic E-state index is 12.3. The summed E-state index contributed by atoms with van der Waals surface area (Å²) in [6, 6.07) is 0.929. The Kier molecular flexibility index (Phi) is 2.77. The summed E-state index contributed by atoms with van der Waals surface area (Å²) in [5, 5.41) is 17.8. The number of aliphatic hydroxyl groups is 1. The summed E-state index contributed by atoms with van der Waals surface area (Å²) < 4.78 is 24.5. The van der Waals surface area contributed by atoms with Crippen LogP contribution in [0.2, 0.25) is 0 Å². The molecule has 13 heavy (non-hydrogen) atoms. The van der Waals surface area contributed by atoms with Crippen LogP contribution in [0.3, 0.4) is 0 Å². The van der Waals surface area contributed by atoms with Gasteiger partial charge in [-0.1, -0.05) is 0 Å². The summed E-state index contributed by atoms with van der Waals surface area (Å²) in [7, 11) is 0. The molecule has 72 valence electrons. The molecule has 0 saturated carbocycles. The monoisotopic (exact) mass is 189 g/mol. The number of rotatable bonds is 2. The zero-order valence-corrected chi connectivity index (χ0v) is 6.96. The molecule has 0 radical (unpaired) electrons. The molecule has 1 rings (SSSR count). The lowest BCUT2D eigenvalue weighted by atomic mass is 10.1. The summed E-state index contributed by atoms with van der Waals surface area (Å²) in [5.74, 6) is -0.285. The van der Waals surface area contributed by atoms with Crippen molar-refractivity contribution in [2.24, 2.45) is 0 Å². The van der Waals surface area contributed by atoms with Crippen molar-refractivity contribution in [2.75, 3.05) is 0 Å². The average Bonchev–Trinajstić information content (AvgIpc) is 2.08. The minimum Gasteiger partial charge on any atom is -0.506 e. The van der Waals surface area contributed by atoms with Crippen molar-refractivity contribution in [2.45, 2.75) is 20.0 Å². The Bertz CT molecular complexity index is 315. The number of pyridine rings is 1. The van der Waals surface area contributed by atoms with Gasteiger partial charge in [0.15, 0.2) is 0 Å². The van der Waals surface area contributed by atoms with Crippen LogP contribution in [0.5, 0.6) is 5.75 Å². The number of alkyl halides is 2. The lowest BCUT2D eigenvalue weighted by Gasteiger charge is -2.07. The molecule has 2 N–H and O–H groups in total. The van der Waals surface area contributed by atoms with Crippen LogP contribution in [-0.4, -0.2) is 15.2 Å².